The van der Waals surface area contributed by atoms with Crippen LogP contribution in [0.2, 0.25) is 0 Å². The molecule has 0 bridgehead atoms. The fourth-order valence-electron chi connectivity index (χ4n) is 3.88. The van der Waals surface area contributed by atoms with Gasteiger partial charge in [-0.05, 0) is 6.07 Å². The van der Waals surface area contributed by atoms with Crippen molar-refractivity contribution in [3.8, 4) is 11.9 Å². The highest BCUT2D eigenvalue weighted by Gasteiger charge is 2.29. The lowest BCUT2D eigenvalue weighted by molar-refractivity contribution is 0.138. The number of nitrogens with one attached hydrogen (secondary N) is 1. The Bertz CT molecular complexity index is 1210. The molecule has 0 unspecified atom stereocenters. The summed E-state index contributed by atoms with van der Waals surface area (Å²) in [5.74, 6) is 0.594. The smallest absolute Gasteiger partial charge is 0.257 e. The number of anilines is 2. The van der Waals surface area contributed by atoms with E-state index < -0.39 is 6.98 Å². The molecule has 0 radical (unpaired) electrons. The minimum Gasteiger partial charge on any atom is -0.469 e. The molecule has 0 amide bonds. The third-order valence-electron chi connectivity index (χ3n) is 5.44. The average molecular weight is 412 g/mol. The number of nitrogens with zero attached hydrogens (tertiary/aromatic N) is 6. The number of fused-ring (bicyclic) bond motifs is 1. The highest BCUT2D eigenvalue weighted by atomic mass is 16.6. The molecule has 1 N–H and O–H groups in total. The van der Waals surface area contributed by atoms with Crippen LogP contribution >= 0.6 is 0 Å². The summed E-state index contributed by atoms with van der Waals surface area (Å²) in [5.41, 5.74) is 1.41. The van der Waals surface area contributed by atoms with Gasteiger partial charge in [-0.3, -0.25) is 4.68 Å². The van der Waals surface area contributed by atoms with Gasteiger partial charge in [0.25, 0.3) is 5.88 Å². The lowest BCUT2D eigenvalue weighted by Crippen LogP contribution is -2.17. The Labute approximate surface area is 177 Å². The fourth-order valence-corrected chi connectivity index (χ4v) is 3.88. The third kappa shape index (κ3) is 3.36. The van der Waals surface area contributed by atoms with Crippen LogP contribution in [0.15, 0.2) is 18.5 Å². The van der Waals surface area contributed by atoms with Crippen LogP contribution in [-0.4, -0.2) is 56.8 Å². The minimum absolute atomic E-state index is 0.0144. The molecule has 3 aromatic rings. The number of aryl methyl sites for hydroxylation is 1. The number of nitriles is 1. The van der Waals surface area contributed by atoms with Gasteiger partial charge in [0.1, 0.15) is 29.2 Å². The molecule has 0 aliphatic carbocycles. The van der Waals surface area contributed by atoms with Crippen molar-refractivity contribution < 1.29 is 18.3 Å². The monoisotopic (exact) mass is 412 g/mol. The molecule has 10 heteroatoms. The summed E-state index contributed by atoms with van der Waals surface area (Å²) in [6, 6.07) is 3.97. The molecule has 2 aliphatic heterocycles. The van der Waals surface area contributed by atoms with E-state index in [4.69, 9.17) is 18.3 Å². The van der Waals surface area contributed by atoms with Crippen LogP contribution in [-0.2, 0) is 16.4 Å². The van der Waals surface area contributed by atoms with E-state index in [0.29, 0.717) is 49.9 Å². The van der Waals surface area contributed by atoms with E-state index in [1.807, 2.05) is 4.57 Å². The lowest BCUT2D eigenvalue weighted by Gasteiger charge is -2.17. The van der Waals surface area contributed by atoms with Gasteiger partial charge in [0.2, 0.25) is 5.95 Å². The van der Waals surface area contributed by atoms with Gasteiger partial charge in [-0.25, -0.2) is 4.98 Å². The Hall–Kier alpha value is -3.16. The van der Waals surface area contributed by atoms with Crippen LogP contribution in [0.3, 0.4) is 0 Å². The van der Waals surface area contributed by atoms with Crippen LogP contribution in [0, 0.1) is 17.2 Å². The van der Waals surface area contributed by atoms with Gasteiger partial charge in [-0.15, -0.1) is 5.10 Å². The van der Waals surface area contributed by atoms with Crippen LogP contribution in [0.1, 0.15) is 29.2 Å². The van der Waals surface area contributed by atoms with Gasteiger partial charge < -0.3 is 24.1 Å². The van der Waals surface area contributed by atoms with E-state index in [1.165, 1.54) is 6.20 Å². The molecule has 30 heavy (non-hydrogen) atoms. The summed E-state index contributed by atoms with van der Waals surface area (Å²) in [4.78, 5) is 8.99. The number of aromatic nitrogens is 5. The van der Waals surface area contributed by atoms with Gasteiger partial charge >= 0.3 is 0 Å². The van der Waals surface area contributed by atoms with Crippen molar-refractivity contribution in [2.24, 2.45) is 12.9 Å². The Morgan fingerprint density at radius 3 is 3.03 bits per heavy atom. The number of hydrogen-bond donors (Lipinski definition) is 1. The Morgan fingerprint density at radius 2 is 2.30 bits per heavy atom. The van der Waals surface area contributed by atoms with Crippen molar-refractivity contribution in [1.82, 2.24) is 24.3 Å². The molecule has 2 saturated heterocycles. The molecule has 0 saturated carbocycles. The zero-order valence-electron chi connectivity index (χ0n) is 19.4. The van der Waals surface area contributed by atoms with E-state index in [2.05, 4.69) is 33.4 Å². The lowest BCUT2D eigenvalue weighted by atomic mass is 10.1. The Balaban J connectivity index is 1.51. The predicted octanol–water partition coefficient (Wildman–Crippen LogP) is 2.16. The molecule has 3 aromatic heterocycles. The standard InChI is InChI=1S/C20H23N7O3/c1-12-9-29-11-17(12)27-14(6-21)5-13-7-22-20(24-18(13)27)23-16-8-26(2)25-19(16)30-15-3-4-28-10-15/h5,7-8,12,15,17H,3-4,9-11H2,1-2H3,(H,22,23,24)/t12-,15+,17-/m0/s1/i2D3. The van der Waals surface area contributed by atoms with Gasteiger partial charge in [0, 0.05) is 35.0 Å². The first-order chi connectivity index (χ1) is 15.8. The highest BCUT2D eigenvalue weighted by Crippen LogP contribution is 2.32. The van der Waals surface area contributed by atoms with Gasteiger partial charge in [-0.1, -0.05) is 6.92 Å². The zero-order chi connectivity index (χ0) is 23.2. The van der Waals surface area contributed by atoms with Crippen molar-refractivity contribution in [2.75, 3.05) is 31.7 Å². The fraction of sp³-hybridized carbons (Fsp3) is 0.500. The third-order valence-corrected chi connectivity index (χ3v) is 5.44. The second kappa shape index (κ2) is 7.59. The van der Waals surface area contributed by atoms with E-state index >= 15 is 0 Å². The Kier molecular flexibility index (Phi) is 3.96. The largest absolute Gasteiger partial charge is 0.469 e. The van der Waals surface area contributed by atoms with Crippen molar-refractivity contribution >= 4 is 22.7 Å². The molecule has 5 heterocycles. The van der Waals surface area contributed by atoms with E-state index in [-0.39, 0.29) is 29.9 Å². The summed E-state index contributed by atoms with van der Waals surface area (Å²) >= 11 is 0. The predicted molar refractivity (Wildman–Crippen MR) is 108 cm³/mol. The van der Waals surface area contributed by atoms with E-state index in [1.54, 1.807) is 12.3 Å². The zero-order valence-corrected chi connectivity index (χ0v) is 16.4. The molecule has 5 rings (SSSR count). The second-order valence-electron chi connectivity index (χ2n) is 7.59. The van der Waals surface area contributed by atoms with Crippen LogP contribution < -0.4 is 10.1 Å². The van der Waals surface area contributed by atoms with Gasteiger partial charge in [0.15, 0.2) is 0 Å². The maximum atomic E-state index is 9.66. The first-order valence-electron chi connectivity index (χ1n) is 11.3. The average Bonchev–Trinajstić information content (AvgIpc) is 3.55. The molecule has 0 aromatic carbocycles. The molecule has 156 valence electrons. The highest BCUT2D eigenvalue weighted by molar-refractivity contribution is 5.79. The number of rotatable bonds is 5. The molecule has 2 fully saturated rings. The summed E-state index contributed by atoms with van der Waals surface area (Å²) < 4.78 is 42.6. The second-order valence-corrected chi connectivity index (χ2v) is 7.59. The first-order valence-corrected chi connectivity index (χ1v) is 9.81. The van der Waals surface area contributed by atoms with Crippen molar-refractivity contribution in [1.29, 1.82) is 5.26 Å². The summed E-state index contributed by atoms with van der Waals surface area (Å²) in [6.45, 7) is 1.71. The normalized spacial score (nSPS) is 25.6. The Morgan fingerprint density at radius 1 is 1.37 bits per heavy atom. The molecule has 3 atom stereocenters. The minimum atomic E-state index is -2.47. The summed E-state index contributed by atoms with van der Waals surface area (Å²) in [7, 11) is 0. The van der Waals surface area contributed by atoms with Crippen molar-refractivity contribution in [2.45, 2.75) is 25.5 Å². The van der Waals surface area contributed by atoms with Crippen LogP contribution in [0.5, 0.6) is 5.88 Å². The maximum Gasteiger partial charge on any atom is 0.257 e. The molecule has 2 aliphatic rings. The van der Waals surface area contributed by atoms with Crippen LogP contribution in [0.4, 0.5) is 11.6 Å². The summed E-state index contributed by atoms with van der Waals surface area (Å²) in [5, 5.41) is 17.5. The van der Waals surface area contributed by atoms with E-state index in [9.17, 15) is 5.26 Å². The quantitative estimate of drug-likeness (QED) is 0.678. The van der Waals surface area contributed by atoms with Gasteiger partial charge in [0.05, 0.1) is 38.7 Å². The topological polar surface area (TPSA) is 112 Å². The molecular formula is C20H23N7O3. The SMILES string of the molecule is [2H]C([2H])([2H])n1cc(Nc2ncc3cc(C#N)n([C@H]4COC[C@@H]4C)c3n2)c(O[C@@H]2CCOC2)n1. The molecule has 0 spiro atoms. The van der Waals surface area contributed by atoms with Crippen molar-refractivity contribution in [3.63, 3.8) is 0 Å². The van der Waals surface area contributed by atoms with Crippen molar-refractivity contribution in [3.05, 3.63) is 24.2 Å². The number of ether oxygens (including phenoxy) is 3. The molecule has 10 nitrogen and oxygen atoms in total. The van der Waals surface area contributed by atoms with E-state index in [0.717, 1.165) is 10.1 Å². The number of hydrogen-bond acceptors (Lipinski definition) is 8. The first kappa shape index (κ1) is 15.6. The molecular weight excluding hydrogens is 386 g/mol. The van der Waals surface area contributed by atoms with Gasteiger partial charge in [-0.2, -0.15) is 10.2 Å². The maximum absolute atomic E-state index is 9.66. The summed E-state index contributed by atoms with van der Waals surface area (Å²) in [6.07, 6.45) is 3.45. The van der Waals surface area contributed by atoms with Crippen LogP contribution in [0.25, 0.3) is 11.0 Å².